The van der Waals surface area contributed by atoms with Crippen molar-refractivity contribution in [2.75, 3.05) is 13.2 Å². The quantitative estimate of drug-likeness (QED) is 0.0780. The van der Waals surface area contributed by atoms with E-state index in [-0.39, 0.29) is 6.08 Å². The van der Waals surface area contributed by atoms with Crippen molar-refractivity contribution in [1.82, 2.24) is 0 Å². The fourth-order valence-electron chi connectivity index (χ4n) is 3.07. The van der Waals surface area contributed by atoms with E-state index >= 15 is 0 Å². The van der Waals surface area contributed by atoms with Gasteiger partial charge in [0.25, 0.3) is 0 Å². The smallest absolute Gasteiger partial charge is 0.456 e. The van der Waals surface area contributed by atoms with E-state index in [1.54, 1.807) is 0 Å². The van der Waals surface area contributed by atoms with Gasteiger partial charge in [-0.3, -0.25) is 0 Å². The number of ether oxygens (including phenoxy) is 2. The summed E-state index contributed by atoms with van der Waals surface area (Å²) >= 11 is 0. The van der Waals surface area contributed by atoms with Gasteiger partial charge in [-0.25, -0.2) is 9.59 Å². The van der Waals surface area contributed by atoms with Crippen LogP contribution in [0.1, 0.15) is 6.92 Å². The molecule has 0 spiro atoms. The molecular weight excluding hydrogens is 1010 g/mol. The largest absolute Gasteiger partial charge is 0.460 e. The molecule has 0 radical (unpaired) electrons. The van der Waals surface area contributed by atoms with Gasteiger partial charge in [0.1, 0.15) is 0 Å². The van der Waals surface area contributed by atoms with Crippen LogP contribution < -0.4 is 0 Å². The maximum atomic E-state index is 13.4. The van der Waals surface area contributed by atoms with Crippen LogP contribution in [0.25, 0.3) is 0 Å². The van der Waals surface area contributed by atoms with Gasteiger partial charge >= 0.3 is 107 Å². The maximum Gasteiger partial charge on any atom is 0.460 e. The third kappa shape index (κ3) is 9.29. The molecule has 0 aromatic rings. The summed E-state index contributed by atoms with van der Waals surface area (Å²) in [6.45, 7) is -0.648. The Morgan fingerprint density at radius 3 is 0.746 bits per heavy atom. The lowest BCUT2D eigenvalue weighted by molar-refractivity contribution is -0.469. The average molecular weight is 1020 g/mol. The monoisotopic (exact) mass is 1020 g/mol. The first-order valence-electron chi connectivity index (χ1n) is 13.8. The standard InChI is InChI=1S/C13H5F19O2.C12H7F15O2/c1-2-4(33)34-3-5(14,15)6(16,17)7(18,19)8(20,21)9(22,23)10(24,25)11(26,27)12(28,29)13(30,31)32;1-4(2)5(28)29-3-6(13,14)7(15,16)8(17,18)9(19,20)10(21,22)11(23,24)12(25,26)27/h2H,1,3H2;1,3H2,2H3. The third-order valence-electron chi connectivity index (χ3n) is 6.87. The first-order valence-corrected chi connectivity index (χ1v) is 13.8. The Kier molecular flexibility index (Phi) is 16.3. The molecule has 374 valence electrons. The first-order chi connectivity index (χ1) is 26.8. The Morgan fingerprint density at radius 2 is 0.556 bits per heavy atom. The molecule has 4 nitrogen and oxygen atoms in total. The van der Waals surface area contributed by atoms with Crippen LogP contribution in [-0.2, 0) is 19.1 Å². The van der Waals surface area contributed by atoms with Crippen LogP contribution in [0.15, 0.2) is 24.8 Å². The summed E-state index contributed by atoms with van der Waals surface area (Å²) in [5, 5.41) is 0. The van der Waals surface area contributed by atoms with Crippen molar-refractivity contribution in [3.63, 3.8) is 0 Å². The van der Waals surface area contributed by atoms with Crippen molar-refractivity contribution in [3.05, 3.63) is 24.8 Å². The molecule has 63 heavy (non-hydrogen) atoms. The summed E-state index contributed by atoms with van der Waals surface area (Å²) in [5.74, 6) is -119. The van der Waals surface area contributed by atoms with Crippen molar-refractivity contribution >= 4 is 11.9 Å². The van der Waals surface area contributed by atoms with E-state index in [9.17, 15) is 159 Å². The molecule has 0 aromatic carbocycles. The Balaban J connectivity index is 0. The molecule has 0 aromatic heterocycles. The van der Waals surface area contributed by atoms with Gasteiger partial charge in [0, 0.05) is 11.6 Å². The number of hydrogen-bond acceptors (Lipinski definition) is 4. The zero-order chi connectivity index (χ0) is 52.3. The van der Waals surface area contributed by atoms with Crippen LogP contribution in [0.2, 0.25) is 0 Å². The molecule has 0 aliphatic carbocycles. The van der Waals surface area contributed by atoms with Crippen LogP contribution >= 0.6 is 0 Å². The molecule has 0 unspecified atom stereocenters. The molecule has 0 saturated carbocycles. The number of hydrogen-bond donors (Lipinski definition) is 0. The summed E-state index contributed by atoms with van der Waals surface area (Å²) in [6, 6.07) is 0. The van der Waals surface area contributed by atoms with Crippen LogP contribution in [0, 0.1) is 0 Å². The van der Waals surface area contributed by atoms with Crippen molar-refractivity contribution in [2.45, 2.75) is 102 Å². The van der Waals surface area contributed by atoms with Crippen LogP contribution in [0.5, 0.6) is 0 Å². The highest BCUT2D eigenvalue weighted by atomic mass is 19.4. The molecule has 0 aliphatic rings. The van der Waals surface area contributed by atoms with E-state index in [0.717, 1.165) is 0 Å². The van der Waals surface area contributed by atoms with E-state index in [4.69, 9.17) is 0 Å². The Labute approximate surface area is 321 Å². The molecule has 0 fully saturated rings. The number of esters is 2. The Morgan fingerprint density at radius 1 is 0.365 bits per heavy atom. The fraction of sp³-hybridized carbons (Fsp3) is 0.760. The number of carbonyl (C=O) groups is 2. The van der Waals surface area contributed by atoms with Crippen LogP contribution in [0.4, 0.5) is 149 Å². The SMILES string of the molecule is C=C(C)C(=O)OCC(F)(F)C(F)(F)C(F)(F)C(F)(F)C(F)(F)C(F)(F)C(F)(F)F.C=CC(=O)OCC(F)(F)C(F)(F)C(F)(F)C(F)(F)C(F)(F)C(F)(F)C(F)(F)C(F)(F)C(F)(F)F. The van der Waals surface area contributed by atoms with Gasteiger partial charge < -0.3 is 9.47 Å². The highest BCUT2D eigenvalue weighted by Gasteiger charge is 2.97. The van der Waals surface area contributed by atoms with Crippen LogP contribution in [0.3, 0.4) is 0 Å². The summed E-state index contributed by atoms with van der Waals surface area (Å²) in [5.41, 5.74) is -0.808. The second kappa shape index (κ2) is 16.8. The van der Waals surface area contributed by atoms with Crippen molar-refractivity contribution < 1.29 is 168 Å². The fourth-order valence-corrected chi connectivity index (χ4v) is 3.07. The van der Waals surface area contributed by atoms with Gasteiger partial charge in [-0.05, 0) is 6.92 Å². The number of alkyl halides is 34. The van der Waals surface area contributed by atoms with E-state index in [1.165, 1.54) is 0 Å². The lowest BCUT2D eigenvalue weighted by Gasteiger charge is -2.43. The van der Waals surface area contributed by atoms with Gasteiger partial charge in [0.2, 0.25) is 0 Å². The van der Waals surface area contributed by atoms with Crippen LogP contribution in [-0.4, -0.2) is 120 Å². The maximum absolute atomic E-state index is 13.4. The van der Waals surface area contributed by atoms with Gasteiger partial charge in [-0.15, -0.1) is 0 Å². The van der Waals surface area contributed by atoms with E-state index in [0.29, 0.717) is 6.92 Å². The molecule has 0 heterocycles. The number of halogens is 34. The highest BCUT2D eigenvalue weighted by Crippen LogP contribution is 2.66. The topological polar surface area (TPSA) is 52.6 Å². The summed E-state index contributed by atoms with van der Waals surface area (Å²) < 4.78 is 446. The summed E-state index contributed by atoms with van der Waals surface area (Å²) in [6.07, 6.45) is -15.7. The average Bonchev–Trinajstić information content (AvgIpc) is 3.07. The molecule has 0 N–H and O–H groups in total. The minimum absolute atomic E-state index is 0.126. The predicted molar refractivity (Wildman–Crippen MR) is 128 cm³/mol. The molecule has 0 saturated heterocycles. The Hall–Kier alpha value is -3.96. The van der Waals surface area contributed by atoms with Crippen molar-refractivity contribution in [2.24, 2.45) is 0 Å². The summed E-state index contributed by atoms with van der Waals surface area (Å²) in [4.78, 5) is 21.3. The number of carbonyl (C=O) groups excluding carboxylic acids is 2. The normalized spacial score (nSPS) is 15.6. The lowest BCUT2D eigenvalue weighted by atomic mass is 9.87. The zero-order valence-electron chi connectivity index (χ0n) is 28.4. The summed E-state index contributed by atoms with van der Waals surface area (Å²) in [7, 11) is 0. The molecule has 0 rings (SSSR count). The van der Waals surface area contributed by atoms with E-state index in [1.807, 2.05) is 0 Å². The molecular formula is C25H12F34O4. The molecule has 0 atom stereocenters. The second-order valence-corrected chi connectivity index (χ2v) is 11.5. The Bertz CT molecular complexity index is 1660. The molecule has 0 aliphatic heterocycles. The van der Waals surface area contributed by atoms with Gasteiger partial charge in [0.15, 0.2) is 13.2 Å². The van der Waals surface area contributed by atoms with Crippen molar-refractivity contribution in [3.8, 4) is 0 Å². The van der Waals surface area contributed by atoms with Gasteiger partial charge in [0.05, 0.1) is 0 Å². The second-order valence-electron chi connectivity index (χ2n) is 11.5. The minimum atomic E-state index is -8.99. The predicted octanol–water partition coefficient (Wildman–Crippen LogP) is 11.8. The molecule has 0 amide bonds. The zero-order valence-corrected chi connectivity index (χ0v) is 28.4. The van der Waals surface area contributed by atoms with Gasteiger partial charge in [-0.1, -0.05) is 13.2 Å². The molecule has 38 heteroatoms. The number of rotatable bonds is 18. The lowest BCUT2D eigenvalue weighted by Crippen LogP contribution is -2.76. The van der Waals surface area contributed by atoms with E-state index in [2.05, 4.69) is 22.6 Å². The third-order valence-corrected chi connectivity index (χ3v) is 6.87. The van der Waals surface area contributed by atoms with Gasteiger partial charge in [-0.2, -0.15) is 149 Å². The first kappa shape index (κ1) is 61.1. The molecule has 0 bridgehead atoms. The minimum Gasteiger partial charge on any atom is -0.456 e. The van der Waals surface area contributed by atoms with Crippen molar-refractivity contribution in [1.29, 1.82) is 0 Å². The van der Waals surface area contributed by atoms with E-state index < -0.39 is 126 Å². The highest BCUT2D eigenvalue weighted by molar-refractivity contribution is 5.86.